The lowest BCUT2D eigenvalue weighted by Gasteiger charge is -2.22. The van der Waals surface area contributed by atoms with Gasteiger partial charge in [0.15, 0.2) is 11.0 Å². The number of imidazole rings is 1. The minimum absolute atomic E-state index is 0.109. The molecule has 2 aromatic rings. The van der Waals surface area contributed by atoms with Crippen LogP contribution >= 0.6 is 23.2 Å². The van der Waals surface area contributed by atoms with E-state index in [1.165, 1.54) is 0 Å². The van der Waals surface area contributed by atoms with E-state index >= 15 is 0 Å². The Bertz CT molecular complexity index is 652. The lowest BCUT2D eigenvalue weighted by molar-refractivity contribution is -0.652. The molecule has 7 heteroatoms. The summed E-state index contributed by atoms with van der Waals surface area (Å²) >= 11 is 11.7. The van der Waals surface area contributed by atoms with Crippen molar-refractivity contribution in [3.05, 3.63) is 24.0 Å². The normalized spacial score (nSPS) is 11.0. The second-order valence-electron chi connectivity index (χ2n) is 5.09. The largest absolute Gasteiger partial charge is 0.481 e. The molecule has 0 unspecified atom stereocenters. The zero-order valence-electron chi connectivity index (χ0n) is 12.5. The second kappa shape index (κ2) is 7.70. The average molecular weight is 345 g/mol. The quantitative estimate of drug-likeness (QED) is 0.570. The highest BCUT2D eigenvalue weighted by Gasteiger charge is 2.17. The average Bonchev–Trinajstić information content (AvgIpc) is 2.81. The first-order valence-electron chi connectivity index (χ1n) is 7.16. The fourth-order valence-corrected chi connectivity index (χ4v) is 2.94. The number of carbonyl (C=O) groups is 1. The monoisotopic (exact) mass is 344 g/mol. The van der Waals surface area contributed by atoms with E-state index in [-0.39, 0.29) is 6.42 Å². The van der Waals surface area contributed by atoms with Crippen molar-refractivity contribution in [2.45, 2.75) is 12.8 Å². The zero-order chi connectivity index (χ0) is 16.1. The van der Waals surface area contributed by atoms with Gasteiger partial charge in [-0.1, -0.05) is 0 Å². The number of hydrogen-bond donors (Lipinski definition) is 2. The number of alkyl halides is 2. The maximum atomic E-state index is 10.7. The Morgan fingerprint density at radius 3 is 2.59 bits per heavy atom. The van der Waals surface area contributed by atoms with Crippen LogP contribution < -0.4 is 9.47 Å². The standard InChI is InChI=1S/C15H19Cl2N3O2/c1-19-13-3-2-11(20(8-6-16)9-7-17)10-12(13)18-14(19)4-5-15(21)22/h2-3,10H,4-9H2,1H3,(H,21,22)/p+1. The third-order valence-electron chi connectivity index (χ3n) is 3.68. The van der Waals surface area contributed by atoms with Crippen molar-refractivity contribution in [3.63, 3.8) is 0 Å². The third kappa shape index (κ3) is 3.84. The number of rotatable bonds is 8. The Morgan fingerprint density at radius 1 is 1.32 bits per heavy atom. The molecule has 22 heavy (non-hydrogen) atoms. The maximum Gasteiger partial charge on any atom is 0.303 e. The van der Waals surface area contributed by atoms with Crippen molar-refractivity contribution in [2.24, 2.45) is 7.05 Å². The predicted octanol–water partition coefficient (Wildman–Crippen LogP) is 2.29. The molecule has 0 saturated carbocycles. The van der Waals surface area contributed by atoms with Gasteiger partial charge in [-0.15, -0.1) is 23.2 Å². The SMILES string of the molecule is C[n+]1c(CCC(=O)O)[nH]c2cc(N(CCCl)CCCl)ccc21. The molecular formula is C15H20Cl2N3O2+. The van der Waals surface area contributed by atoms with Crippen LogP contribution in [0.2, 0.25) is 0 Å². The van der Waals surface area contributed by atoms with Gasteiger partial charge in [0.05, 0.1) is 19.9 Å². The minimum atomic E-state index is -0.797. The van der Waals surface area contributed by atoms with E-state index in [0.717, 1.165) is 35.6 Å². The van der Waals surface area contributed by atoms with Crippen LogP contribution in [0.25, 0.3) is 11.0 Å². The molecule has 120 valence electrons. The summed E-state index contributed by atoms with van der Waals surface area (Å²) in [6.07, 6.45) is 0.584. The van der Waals surface area contributed by atoms with Crippen LogP contribution in [0.5, 0.6) is 0 Å². The molecule has 2 rings (SSSR count). The molecule has 2 N–H and O–H groups in total. The van der Waals surface area contributed by atoms with Crippen molar-refractivity contribution < 1.29 is 14.5 Å². The second-order valence-corrected chi connectivity index (χ2v) is 5.85. The van der Waals surface area contributed by atoms with E-state index in [2.05, 4.69) is 16.0 Å². The van der Waals surface area contributed by atoms with Crippen LogP contribution in [0.4, 0.5) is 5.69 Å². The number of H-pyrrole nitrogens is 1. The van der Waals surface area contributed by atoms with E-state index in [1.807, 2.05) is 23.7 Å². The lowest BCUT2D eigenvalue weighted by Crippen LogP contribution is -2.32. The van der Waals surface area contributed by atoms with Gasteiger partial charge in [0.1, 0.15) is 0 Å². The lowest BCUT2D eigenvalue weighted by atomic mass is 10.2. The van der Waals surface area contributed by atoms with Crippen LogP contribution in [0, 0.1) is 0 Å². The van der Waals surface area contributed by atoms with E-state index in [1.54, 1.807) is 0 Å². The number of fused-ring (bicyclic) bond motifs is 1. The van der Waals surface area contributed by atoms with Crippen LogP contribution in [-0.4, -0.2) is 40.9 Å². The smallest absolute Gasteiger partial charge is 0.303 e. The molecule has 0 aliphatic heterocycles. The molecule has 1 aromatic carbocycles. The molecule has 0 amide bonds. The van der Waals surface area contributed by atoms with Crippen LogP contribution in [0.3, 0.4) is 0 Å². The summed E-state index contributed by atoms with van der Waals surface area (Å²) in [5.74, 6) is 1.18. The fraction of sp³-hybridized carbons (Fsp3) is 0.467. The van der Waals surface area contributed by atoms with Crippen LogP contribution in [0.1, 0.15) is 12.2 Å². The van der Waals surface area contributed by atoms with Crippen molar-refractivity contribution in [1.29, 1.82) is 0 Å². The van der Waals surface area contributed by atoms with Gasteiger partial charge in [0.2, 0.25) is 0 Å². The van der Waals surface area contributed by atoms with Crippen molar-refractivity contribution in [3.8, 4) is 0 Å². The highest BCUT2D eigenvalue weighted by molar-refractivity contribution is 6.18. The summed E-state index contributed by atoms with van der Waals surface area (Å²) in [7, 11) is 1.94. The van der Waals surface area contributed by atoms with Gasteiger partial charge in [0.25, 0.3) is 5.82 Å². The van der Waals surface area contributed by atoms with E-state index < -0.39 is 5.97 Å². The Morgan fingerprint density at radius 2 is 2.00 bits per heavy atom. The van der Waals surface area contributed by atoms with Gasteiger partial charge < -0.3 is 10.0 Å². The molecule has 0 fully saturated rings. The highest BCUT2D eigenvalue weighted by Crippen LogP contribution is 2.20. The molecule has 0 spiro atoms. The first-order valence-corrected chi connectivity index (χ1v) is 8.23. The summed E-state index contributed by atoms with van der Waals surface area (Å²) in [5, 5.41) is 8.82. The maximum absolute atomic E-state index is 10.7. The molecule has 1 aromatic heterocycles. The Labute approximate surface area is 139 Å². The predicted molar refractivity (Wildman–Crippen MR) is 89.1 cm³/mol. The number of carboxylic acid groups (broad SMARTS) is 1. The first-order chi connectivity index (χ1) is 10.6. The van der Waals surface area contributed by atoms with Gasteiger partial charge in [-0.3, -0.25) is 4.79 Å². The molecule has 1 heterocycles. The number of aromatic nitrogens is 2. The number of nitrogens with zero attached hydrogens (tertiary/aromatic N) is 2. The van der Waals surface area contributed by atoms with Gasteiger partial charge in [-0.2, -0.15) is 0 Å². The number of aryl methyl sites for hydroxylation is 2. The third-order valence-corrected chi connectivity index (χ3v) is 4.01. The molecule has 0 radical (unpaired) electrons. The zero-order valence-corrected chi connectivity index (χ0v) is 14.0. The Kier molecular flexibility index (Phi) is 5.91. The van der Waals surface area contributed by atoms with Crippen LogP contribution in [-0.2, 0) is 18.3 Å². The van der Waals surface area contributed by atoms with Gasteiger partial charge >= 0.3 is 5.97 Å². The molecule has 0 saturated heterocycles. The summed E-state index contributed by atoms with van der Waals surface area (Å²) in [4.78, 5) is 16.2. The molecule has 0 aliphatic rings. The summed E-state index contributed by atoms with van der Waals surface area (Å²) in [6, 6.07) is 6.12. The fourth-order valence-electron chi connectivity index (χ4n) is 2.53. The molecule has 0 aliphatic carbocycles. The topological polar surface area (TPSA) is 60.2 Å². The minimum Gasteiger partial charge on any atom is -0.481 e. The van der Waals surface area contributed by atoms with Crippen molar-refractivity contribution in [2.75, 3.05) is 29.7 Å². The van der Waals surface area contributed by atoms with Gasteiger partial charge in [0, 0.05) is 36.6 Å². The summed E-state index contributed by atoms with van der Waals surface area (Å²) in [6.45, 7) is 1.47. The molecule has 0 atom stereocenters. The van der Waals surface area contributed by atoms with E-state index in [9.17, 15) is 4.79 Å². The number of halogens is 2. The van der Waals surface area contributed by atoms with Gasteiger partial charge in [-0.05, 0) is 12.1 Å². The highest BCUT2D eigenvalue weighted by atomic mass is 35.5. The number of carboxylic acids is 1. The number of aromatic amines is 1. The molecule has 5 nitrogen and oxygen atoms in total. The molecular weight excluding hydrogens is 325 g/mol. The number of benzene rings is 1. The Balaban J connectivity index is 2.31. The number of aliphatic carboxylic acids is 1. The Hall–Kier alpha value is -1.46. The van der Waals surface area contributed by atoms with Crippen LogP contribution in [0.15, 0.2) is 18.2 Å². The number of nitrogens with one attached hydrogen (secondary N) is 1. The van der Waals surface area contributed by atoms with E-state index in [4.69, 9.17) is 28.3 Å². The number of anilines is 1. The summed E-state index contributed by atoms with van der Waals surface area (Å²) in [5.41, 5.74) is 3.08. The van der Waals surface area contributed by atoms with E-state index in [0.29, 0.717) is 18.2 Å². The summed E-state index contributed by atoms with van der Waals surface area (Å²) < 4.78 is 2.00. The molecule has 0 bridgehead atoms. The first kappa shape index (κ1) is 16.9. The number of hydrogen-bond acceptors (Lipinski definition) is 2. The van der Waals surface area contributed by atoms with Crippen molar-refractivity contribution in [1.82, 2.24) is 4.98 Å². The van der Waals surface area contributed by atoms with Crippen molar-refractivity contribution >= 4 is 45.9 Å². The van der Waals surface area contributed by atoms with Gasteiger partial charge in [-0.25, -0.2) is 9.55 Å².